The van der Waals surface area contributed by atoms with Gasteiger partial charge in [-0.25, -0.2) is 14.8 Å². The van der Waals surface area contributed by atoms with Crippen LogP contribution in [0.25, 0.3) is 21.9 Å². The predicted molar refractivity (Wildman–Crippen MR) is 144 cm³/mol. The molecule has 0 spiro atoms. The number of carbonyl (C=O) groups excluding carboxylic acids is 1. The molecule has 1 atom stereocenters. The van der Waals surface area contributed by atoms with Crippen LogP contribution in [0.2, 0.25) is 25.7 Å². The van der Waals surface area contributed by atoms with E-state index in [0.717, 1.165) is 46.6 Å². The van der Waals surface area contributed by atoms with Gasteiger partial charge in [0.05, 0.1) is 28.8 Å². The van der Waals surface area contributed by atoms with Crippen molar-refractivity contribution in [3.8, 4) is 6.07 Å². The van der Waals surface area contributed by atoms with Crippen molar-refractivity contribution in [1.82, 2.24) is 19.9 Å². The molecule has 0 radical (unpaired) electrons. The second kappa shape index (κ2) is 10.1. The van der Waals surface area contributed by atoms with E-state index >= 15 is 0 Å². The highest BCUT2D eigenvalue weighted by atomic mass is 28.3. The van der Waals surface area contributed by atoms with Gasteiger partial charge in [-0.1, -0.05) is 19.6 Å². The Kier molecular flexibility index (Phi) is 7.25. The van der Waals surface area contributed by atoms with Crippen molar-refractivity contribution in [3.63, 3.8) is 0 Å². The van der Waals surface area contributed by atoms with Gasteiger partial charge in [-0.3, -0.25) is 4.57 Å². The number of hydrogen-bond donors (Lipinski definition) is 1. The zero-order chi connectivity index (χ0) is 26.1. The number of amides is 1. The largest absolute Gasteiger partial charge is 0.444 e. The van der Waals surface area contributed by atoms with Crippen molar-refractivity contribution in [1.29, 1.82) is 5.26 Å². The minimum absolute atomic E-state index is 0.0161. The van der Waals surface area contributed by atoms with E-state index in [0.29, 0.717) is 25.6 Å². The van der Waals surface area contributed by atoms with Crippen molar-refractivity contribution in [3.05, 3.63) is 30.2 Å². The Hall–Kier alpha value is -3.16. The maximum Gasteiger partial charge on any atom is 0.407 e. The van der Waals surface area contributed by atoms with Crippen molar-refractivity contribution in [2.24, 2.45) is 0 Å². The van der Waals surface area contributed by atoms with Gasteiger partial charge in [0.1, 0.15) is 29.7 Å². The zero-order valence-corrected chi connectivity index (χ0v) is 23.1. The first-order valence-electron chi connectivity index (χ1n) is 12.4. The number of ether oxygens (including phenoxy) is 2. The lowest BCUT2D eigenvalue weighted by molar-refractivity contribution is 0.0509. The maximum atomic E-state index is 12.3. The summed E-state index contributed by atoms with van der Waals surface area (Å²) in [5.74, 6) is 0. The smallest absolute Gasteiger partial charge is 0.407 e. The zero-order valence-electron chi connectivity index (χ0n) is 22.1. The summed E-state index contributed by atoms with van der Waals surface area (Å²) < 4.78 is 13.6. The van der Waals surface area contributed by atoms with Gasteiger partial charge in [0.15, 0.2) is 0 Å². The summed E-state index contributed by atoms with van der Waals surface area (Å²) in [6.07, 6.45) is 3.96. The third kappa shape index (κ3) is 5.97. The van der Waals surface area contributed by atoms with Gasteiger partial charge in [0.25, 0.3) is 0 Å². The molecule has 4 rings (SSSR count). The standard InChI is InChI=1S/C26H36N6O3Si/c1-26(2,3)35-25(33)30-18-8-10-31(16-18)21-7-9-28-24-23(21)20-13-19(14-27)29-15-22(20)32(24)17-34-11-12-36(4,5)6/h7,9,13,15,18H,8,10-12,16-17H2,1-6H3,(H,30,33)/t18-/m0/s1. The van der Waals surface area contributed by atoms with Crippen molar-refractivity contribution in [2.75, 3.05) is 24.6 Å². The number of anilines is 1. The lowest BCUT2D eigenvalue weighted by Crippen LogP contribution is -2.40. The molecule has 1 saturated heterocycles. The summed E-state index contributed by atoms with van der Waals surface area (Å²) in [6.45, 7) is 15.1. The lowest BCUT2D eigenvalue weighted by Gasteiger charge is -2.23. The number of nitriles is 1. The average molecular weight is 509 g/mol. The molecule has 1 aliphatic heterocycles. The van der Waals surface area contributed by atoms with E-state index in [1.165, 1.54) is 0 Å². The molecule has 192 valence electrons. The van der Waals surface area contributed by atoms with Gasteiger partial charge in [-0.05, 0) is 45.4 Å². The number of nitrogens with zero attached hydrogens (tertiary/aromatic N) is 5. The summed E-state index contributed by atoms with van der Waals surface area (Å²) in [5, 5.41) is 14.4. The number of carbonyl (C=O) groups is 1. The fraction of sp³-hybridized carbons (Fsp3) is 0.538. The van der Waals surface area contributed by atoms with Gasteiger partial charge in [0.2, 0.25) is 0 Å². The summed E-state index contributed by atoms with van der Waals surface area (Å²) in [4.78, 5) is 23.6. The van der Waals surface area contributed by atoms with Crippen LogP contribution in [0.3, 0.4) is 0 Å². The molecule has 0 bridgehead atoms. The van der Waals surface area contributed by atoms with Gasteiger partial charge in [-0.15, -0.1) is 0 Å². The topological polar surface area (TPSA) is 105 Å². The van der Waals surface area contributed by atoms with Gasteiger partial charge < -0.3 is 19.7 Å². The molecule has 1 aliphatic rings. The van der Waals surface area contributed by atoms with Crippen LogP contribution >= 0.6 is 0 Å². The van der Waals surface area contributed by atoms with Gasteiger partial charge >= 0.3 is 6.09 Å². The molecule has 0 unspecified atom stereocenters. The lowest BCUT2D eigenvalue weighted by atomic mass is 10.1. The van der Waals surface area contributed by atoms with E-state index in [-0.39, 0.29) is 6.04 Å². The molecule has 4 heterocycles. The Morgan fingerprint density at radius 3 is 2.78 bits per heavy atom. The summed E-state index contributed by atoms with van der Waals surface area (Å²) in [7, 11) is -1.20. The molecule has 1 amide bonds. The maximum absolute atomic E-state index is 12.3. The van der Waals surface area contributed by atoms with Crippen molar-refractivity contribution >= 4 is 41.8 Å². The Balaban J connectivity index is 1.64. The highest BCUT2D eigenvalue weighted by Crippen LogP contribution is 2.36. The fourth-order valence-corrected chi connectivity index (χ4v) is 5.20. The minimum Gasteiger partial charge on any atom is -0.444 e. The summed E-state index contributed by atoms with van der Waals surface area (Å²) in [6, 6.07) is 7.05. The van der Waals surface area contributed by atoms with Gasteiger partial charge in [-0.2, -0.15) is 5.26 Å². The Morgan fingerprint density at radius 2 is 2.08 bits per heavy atom. The normalized spacial score (nSPS) is 16.5. The van der Waals surface area contributed by atoms with E-state index in [2.05, 4.69) is 40.9 Å². The van der Waals surface area contributed by atoms with E-state index in [1.807, 2.05) is 43.7 Å². The predicted octanol–water partition coefficient (Wildman–Crippen LogP) is 4.87. The molecule has 1 N–H and O–H groups in total. The number of fused-ring (bicyclic) bond motifs is 3. The van der Waals surface area contributed by atoms with Crippen LogP contribution in [-0.2, 0) is 16.2 Å². The van der Waals surface area contributed by atoms with Crippen LogP contribution in [0.1, 0.15) is 32.9 Å². The molecule has 3 aromatic rings. The van der Waals surface area contributed by atoms with E-state index < -0.39 is 19.8 Å². The number of alkyl carbamates (subject to hydrolysis) is 1. The molecule has 9 nitrogen and oxygen atoms in total. The molecule has 3 aromatic heterocycles. The molecule has 10 heteroatoms. The second-order valence-electron chi connectivity index (χ2n) is 11.6. The number of hydrogen-bond acceptors (Lipinski definition) is 7. The van der Waals surface area contributed by atoms with Crippen LogP contribution in [-0.4, -0.2) is 60.0 Å². The van der Waals surface area contributed by atoms with Crippen LogP contribution in [0, 0.1) is 11.3 Å². The molecular formula is C26H36N6O3Si. The fourth-order valence-electron chi connectivity index (χ4n) is 4.44. The minimum atomic E-state index is -1.20. The Morgan fingerprint density at radius 1 is 1.31 bits per heavy atom. The van der Waals surface area contributed by atoms with Crippen LogP contribution in [0.5, 0.6) is 0 Å². The van der Waals surface area contributed by atoms with E-state index in [4.69, 9.17) is 14.5 Å². The van der Waals surface area contributed by atoms with Crippen molar-refractivity contribution < 1.29 is 14.3 Å². The first-order chi connectivity index (χ1) is 16.9. The quantitative estimate of drug-likeness (QED) is 0.358. The SMILES string of the molecule is CC(C)(C)OC(=O)N[C@H]1CCN(c2ccnc3c2c2cc(C#N)ncc2n3COCC[Si](C)(C)C)C1. The first-order valence-corrected chi connectivity index (χ1v) is 16.2. The monoisotopic (exact) mass is 508 g/mol. The van der Waals surface area contributed by atoms with Crippen LogP contribution in [0.4, 0.5) is 10.5 Å². The molecule has 0 saturated carbocycles. The van der Waals surface area contributed by atoms with Crippen LogP contribution in [0.15, 0.2) is 24.5 Å². The first kappa shape index (κ1) is 25.9. The highest BCUT2D eigenvalue weighted by molar-refractivity contribution is 6.76. The third-order valence-electron chi connectivity index (χ3n) is 6.19. The van der Waals surface area contributed by atoms with Crippen LogP contribution < -0.4 is 10.2 Å². The molecule has 0 aliphatic carbocycles. The number of pyridine rings is 2. The number of rotatable bonds is 7. The van der Waals surface area contributed by atoms with E-state index in [1.54, 1.807) is 6.20 Å². The molecule has 0 aromatic carbocycles. The third-order valence-corrected chi connectivity index (χ3v) is 7.89. The van der Waals surface area contributed by atoms with Gasteiger partial charge in [0, 0.05) is 39.4 Å². The number of aromatic nitrogens is 3. The molecule has 36 heavy (non-hydrogen) atoms. The second-order valence-corrected chi connectivity index (χ2v) is 17.2. The summed E-state index contributed by atoms with van der Waals surface area (Å²) in [5.41, 5.74) is 2.54. The van der Waals surface area contributed by atoms with E-state index in [9.17, 15) is 10.1 Å². The average Bonchev–Trinajstić information content (AvgIpc) is 3.36. The number of nitrogens with one attached hydrogen (secondary N) is 1. The van der Waals surface area contributed by atoms with Crippen molar-refractivity contribution in [2.45, 2.75) is 71.3 Å². The molecule has 1 fully saturated rings. The summed E-state index contributed by atoms with van der Waals surface area (Å²) >= 11 is 0. The Labute approximate surface area is 213 Å². The highest BCUT2D eigenvalue weighted by Gasteiger charge is 2.28. The Bertz CT molecular complexity index is 1300. The molecular weight excluding hydrogens is 472 g/mol.